The van der Waals surface area contributed by atoms with Crippen LogP contribution in [-0.4, -0.2) is 24.7 Å². The summed E-state index contributed by atoms with van der Waals surface area (Å²) in [5, 5.41) is 6.88. The Bertz CT molecular complexity index is 364. The minimum Gasteiger partial charge on any atom is -0.381 e. The van der Waals surface area contributed by atoms with Crippen molar-refractivity contribution >= 4 is 11.3 Å². The number of ether oxygens (including phenoxy) is 1. The van der Waals surface area contributed by atoms with Gasteiger partial charge in [-0.25, -0.2) is 4.98 Å². The molecule has 1 saturated heterocycles. The summed E-state index contributed by atoms with van der Waals surface area (Å²) in [6.45, 7) is 10.5. The van der Waals surface area contributed by atoms with Crippen LogP contribution in [0.15, 0.2) is 5.38 Å². The second kappa shape index (κ2) is 6.13. The predicted molar refractivity (Wildman–Crippen MR) is 76.1 cm³/mol. The minimum absolute atomic E-state index is 0.171. The first kappa shape index (κ1) is 14.0. The average Bonchev–Trinajstić information content (AvgIpc) is 2.95. The fourth-order valence-corrected chi connectivity index (χ4v) is 2.97. The van der Waals surface area contributed by atoms with Crippen LogP contribution in [0.1, 0.15) is 44.3 Å². The molecule has 18 heavy (non-hydrogen) atoms. The monoisotopic (exact) mass is 268 g/mol. The Morgan fingerprint density at radius 1 is 1.50 bits per heavy atom. The lowest BCUT2D eigenvalue weighted by Crippen LogP contribution is -2.18. The summed E-state index contributed by atoms with van der Waals surface area (Å²) >= 11 is 1.77. The summed E-state index contributed by atoms with van der Waals surface area (Å²) in [6, 6.07) is 0. The molecular weight excluding hydrogens is 244 g/mol. The number of aromatic nitrogens is 1. The predicted octanol–water partition coefficient (Wildman–Crippen LogP) is 2.96. The van der Waals surface area contributed by atoms with Gasteiger partial charge in [0.1, 0.15) is 0 Å². The van der Waals surface area contributed by atoms with Gasteiger partial charge >= 0.3 is 0 Å². The SMILES string of the molecule is CC(C)(C)c1nc(CNCCC2CCOC2)cs1. The maximum absolute atomic E-state index is 5.37. The fourth-order valence-electron chi connectivity index (χ4n) is 2.07. The van der Waals surface area contributed by atoms with Crippen LogP contribution in [0.3, 0.4) is 0 Å². The van der Waals surface area contributed by atoms with Gasteiger partial charge in [-0.2, -0.15) is 0 Å². The van der Waals surface area contributed by atoms with Crippen molar-refractivity contribution in [3.8, 4) is 0 Å². The van der Waals surface area contributed by atoms with Crippen molar-refractivity contribution in [1.29, 1.82) is 0 Å². The maximum Gasteiger partial charge on any atom is 0.0982 e. The van der Waals surface area contributed by atoms with Crippen molar-refractivity contribution < 1.29 is 4.74 Å². The molecule has 4 heteroatoms. The number of hydrogen-bond donors (Lipinski definition) is 1. The van der Waals surface area contributed by atoms with Crippen LogP contribution < -0.4 is 5.32 Å². The van der Waals surface area contributed by atoms with Crippen molar-refractivity contribution in [3.05, 3.63) is 16.1 Å². The van der Waals surface area contributed by atoms with E-state index in [1.165, 1.54) is 23.5 Å². The summed E-state index contributed by atoms with van der Waals surface area (Å²) < 4.78 is 5.37. The summed E-state index contributed by atoms with van der Waals surface area (Å²) in [5.74, 6) is 0.762. The van der Waals surface area contributed by atoms with Gasteiger partial charge in [-0.3, -0.25) is 0 Å². The lowest BCUT2D eigenvalue weighted by molar-refractivity contribution is 0.184. The molecule has 1 N–H and O–H groups in total. The number of thiazole rings is 1. The van der Waals surface area contributed by atoms with E-state index in [1.807, 2.05) is 0 Å². The Balaban J connectivity index is 1.68. The van der Waals surface area contributed by atoms with Gasteiger partial charge in [0.25, 0.3) is 0 Å². The molecule has 0 amide bonds. The van der Waals surface area contributed by atoms with Crippen LogP contribution in [0.4, 0.5) is 0 Å². The maximum atomic E-state index is 5.37. The molecule has 3 nitrogen and oxygen atoms in total. The highest BCUT2D eigenvalue weighted by atomic mass is 32.1. The third-order valence-corrected chi connectivity index (χ3v) is 4.57. The average molecular weight is 268 g/mol. The van der Waals surface area contributed by atoms with Crippen molar-refractivity contribution in [2.75, 3.05) is 19.8 Å². The molecule has 1 aliphatic heterocycles. The van der Waals surface area contributed by atoms with Gasteiger partial charge in [-0.1, -0.05) is 20.8 Å². The van der Waals surface area contributed by atoms with E-state index in [4.69, 9.17) is 4.74 Å². The summed E-state index contributed by atoms with van der Waals surface area (Å²) in [4.78, 5) is 4.68. The zero-order valence-electron chi connectivity index (χ0n) is 11.7. The first-order chi connectivity index (χ1) is 8.55. The number of hydrogen-bond acceptors (Lipinski definition) is 4. The third-order valence-electron chi connectivity index (χ3n) is 3.25. The van der Waals surface area contributed by atoms with Crippen LogP contribution in [0.25, 0.3) is 0 Å². The molecule has 1 fully saturated rings. The van der Waals surface area contributed by atoms with E-state index in [0.717, 1.165) is 32.2 Å². The van der Waals surface area contributed by atoms with Gasteiger partial charge in [0.15, 0.2) is 0 Å². The number of rotatable bonds is 5. The van der Waals surface area contributed by atoms with E-state index in [0.29, 0.717) is 0 Å². The molecule has 102 valence electrons. The highest BCUT2D eigenvalue weighted by Gasteiger charge is 2.18. The lowest BCUT2D eigenvalue weighted by atomic mass is 9.98. The highest BCUT2D eigenvalue weighted by molar-refractivity contribution is 7.09. The fraction of sp³-hybridized carbons (Fsp3) is 0.786. The molecule has 2 rings (SSSR count). The van der Waals surface area contributed by atoms with E-state index in [2.05, 4.69) is 36.5 Å². The van der Waals surface area contributed by atoms with E-state index < -0.39 is 0 Å². The summed E-state index contributed by atoms with van der Waals surface area (Å²) in [7, 11) is 0. The molecule has 0 bridgehead atoms. The van der Waals surface area contributed by atoms with Gasteiger partial charge in [-0.05, 0) is 25.3 Å². The van der Waals surface area contributed by atoms with Crippen molar-refractivity contribution in [1.82, 2.24) is 10.3 Å². The van der Waals surface area contributed by atoms with Crippen LogP contribution in [0, 0.1) is 5.92 Å². The molecule has 0 aromatic carbocycles. The smallest absolute Gasteiger partial charge is 0.0982 e. The zero-order chi connectivity index (χ0) is 13.0. The van der Waals surface area contributed by atoms with Crippen molar-refractivity contribution in [2.24, 2.45) is 5.92 Å². The Labute approximate surface area is 114 Å². The van der Waals surface area contributed by atoms with Gasteiger partial charge in [-0.15, -0.1) is 11.3 Å². The molecule has 2 heterocycles. The Kier molecular flexibility index (Phi) is 4.76. The molecule has 0 spiro atoms. The first-order valence-electron chi connectivity index (χ1n) is 6.79. The van der Waals surface area contributed by atoms with Crippen LogP contribution >= 0.6 is 11.3 Å². The first-order valence-corrected chi connectivity index (χ1v) is 7.67. The molecule has 1 aromatic rings. The lowest BCUT2D eigenvalue weighted by Gasteiger charge is -2.13. The molecule has 0 saturated carbocycles. The molecule has 0 radical (unpaired) electrons. The van der Waals surface area contributed by atoms with Gasteiger partial charge in [0, 0.05) is 30.6 Å². The van der Waals surface area contributed by atoms with Crippen molar-refractivity contribution in [3.63, 3.8) is 0 Å². The minimum atomic E-state index is 0.171. The molecule has 0 aliphatic carbocycles. The van der Waals surface area contributed by atoms with Crippen molar-refractivity contribution in [2.45, 2.75) is 45.6 Å². The van der Waals surface area contributed by atoms with E-state index >= 15 is 0 Å². The molecule has 1 unspecified atom stereocenters. The second-order valence-corrected chi connectivity index (χ2v) is 6.95. The molecule has 1 atom stereocenters. The van der Waals surface area contributed by atoms with Crippen LogP contribution in [0.2, 0.25) is 0 Å². The molecule has 1 aromatic heterocycles. The van der Waals surface area contributed by atoms with E-state index in [-0.39, 0.29) is 5.41 Å². The number of nitrogens with zero attached hydrogens (tertiary/aromatic N) is 1. The Morgan fingerprint density at radius 3 is 2.94 bits per heavy atom. The topological polar surface area (TPSA) is 34.2 Å². The Morgan fingerprint density at radius 2 is 2.33 bits per heavy atom. The zero-order valence-corrected chi connectivity index (χ0v) is 12.5. The Hall–Kier alpha value is -0.450. The largest absolute Gasteiger partial charge is 0.381 e. The van der Waals surface area contributed by atoms with E-state index in [1.54, 1.807) is 11.3 Å². The number of nitrogens with one attached hydrogen (secondary N) is 1. The standard InChI is InChI=1S/C14H24N2OS/c1-14(2,3)13-16-12(10-18-13)8-15-6-4-11-5-7-17-9-11/h10-11,15H,4-9H2,1-3H3. The van der Waals surface area contributed by atoms with E-state index in [9.17, 15) is 0 Å². The van der Waals surface area contributed by atoms with Gasteiger partial charge < -0.3 is 10.1 Å². The summed E-state index contributed by atoms with van der Waals surface area (Å²) in [6.07, 6.45) is 2.45. The summed E-state index contributed by atoms with van der Waals surface area (Å²) in [5.41, 5.74) is 1.34. The molecule has 1 aliphatic rings. The van der Waals surface area contributed by atoms with Crippen LogP contribution in [-0.2, 0) is 16.7 Å². The van der Waals surface area contributed by atoms with Gasteiger partial charge in [0.05, 0.1) is 10.7 Å². The second-order valence-electron chi connectivity index (χ2n) is 6.09. The third kappa shape index (κ3) is 4.04. The highest BCUT2D eigenvalue weighted by Crippen LogP contribution is 2.25. The van der Waals surface area contributed by atoms with Crippen LogP contribution in [0.5, 0.6) is 0 Å². The quantitative estimate of drug-likeness (QED) is 0.834. The molecular formula is C14H24N2OS. The van der Waals surface area contributed by atoms with Gasteiger partial charge in [0.2, 0.25) is 0 Å². The normalized spacial score (nSPS) is 20.5.